The molecule has 0 aromatic heterocycles. The number of benzene rings is 1. The highest BCUT2D eigenvalue weighted by atomic mass is 16.7. The maximum Gasteiger partial charge on any atom is 0.188 e. The molecule has 2 unspecified atom stereocenters. The monoisotopic (exact) mass is 295 g/mol. The lowest BCUT2D eigenvalue weighted by Gasteiger charge is -2.40. The van der Waals surface area contributed by atoms with Crippen LogP contribution >= 0.6 is 0 Å². The molecule has 1 fully saturated rings. The number of rotatable bonds is 4. The van der Waals surface area contributed by atoms with Gasteiger partial charge < -0.3 is 29.9 Å². The summed E-state index contributed by atoms with van der Waals surface area (Å²) in [5.41, 5.74) is 0.567. The van der Waals surface area contributed by atoms with Crippen molar-refractivity contribution in [2.45, 2.75) is 36.8 Å². The maximum atomic E-state index is 9.86. The van der Waals surface area contributed by atoms with E-state index in [0.717, 1.165) is 0 Å². The van der Waals surface area contributed by atoms with Gasteiger partial charge in [0.1, 0.15) is 24.4 Å². The Morgan fingerprint density at radius 2 is 1.81 bits per heavy atom. The summed E-state index contributed by atoms with van der Waals surface area (Å²) < 4.78 is 10.6. The molecule has 6 atom stereocenters. The predicted molar refractivity (Wildman–Crippen MR) is 69.6 cm³/mol. The van der Waals surface area contributed by atoms with Gasteiger partial charge in [-0.1, -0.05) is 30.3 Å². The molecule has 7 nitrogen and oxygen atoms in total. The van der Waals surface area contributed by atoms with E-state index < -0.39 is 43.4 Å². The SMILES string of the molecule is N#CC(OC1O[C@H](CO)[C@@H](O)[C@H](O)[C@H]1O)c1ccccc1. The van der Waals surface area contributed by atoms with Crippen LogP contribution in [0, 0.1) is 11.3 Å². The number of aliphatic hydroxyl groups excluding tert-OH is 4. The van der Waals surface area contributed by atoms with Crippen LogP contribution in [0.5, 0.6) is 0 Å². The van der Waals surface area contributed by atoms with Gasteiger partial charge in [-0.2, -0.15) is 5.26 Å². The topological polar surface area (TPSA) is 123 Å². The maximum absolute atomic E-state index is 9.86. The van der Waals surface area contributed by atoms with Crippen molar-refractivity contribution in [2.75, 3.05) is 6.61 Å². The fraction of sp³-hybridized carbons (Fsp3) is 0.500. The van der Waals surface area contributed by atoms with Crippen LogP contribution in [0.25, 0.3) is 0 Å². The number of hydrogen-bond acceptors (Lipinski definition) is 7. The van der Waals surface area contributed by atoms with Crippen LogP contribution in [0.2, 0.25) is 0 Å². The third kappa shape index (κ3) is 3.39. The first-order valence-electron chi connectivity index (χ1n) is 6.49. The van der Waals surface area contributed by atoms with Crippen LogP contribution in [-0.2, 0) is 9.47 Å². The minimum Gasteiger partial charge on any atom is -0.394 e. The van der Waals surface area contributed by atoms with E-state index in [2.05, 4.69) is 0 Å². The van der Waals surface area contributed by atoms with Crippen molar-refractivity contribution < 1.29 is 29.9 Å². The molecule has 1 heterocycles. The minimum atomic E-state index is -1.53. The molecule has 7 heteroatoms. The van der Waals surface area contributed by atoms with Gasteiger partial charge in [-0.25, -0.2) is 0 Å². The number of nitriles is 1. The zero-order chi connectivity index (χ0) is 15.4. The highest BCUT2D eigenvalue weighted by Crippen LogP contribution is 2.27. The van der Waals surface area contributed by atoms with Crippen LogP contribution in [0.3, 0.4) is 0 Å². The van der Waals surface area contributed by atoms with Gasteiger partial charge >= 0.3 is 0 Å². The molecular formula is C14H17NO6. The summed E-state index contributed by atoms with van der Waals surface area (Å²) in [6, 6.07) is 10.5. The molecule has 1 aliphatic heterocycles. The Morgan fingerprint density at radius 1 is 1.14 bits per heavy atom. The standard InChI is InChI=1S/C14H17NO6/c15-6-9(8-4-2-1-3-5-8)20-14-13(19)12(18)11(17)10(7-16)21-14/h1-5,9-14,16-19H,7H2/t9?,10-,11-,12+,13-,14?/m1/s1. The normalized spacial score (nSPS) is 34.1. The number of aliphatic hydroxyl groups is 4. The van der Waals surface area contributed by atoms with Crippen molar-refractivity contribution in [1.29, 1.82) is 5.26 Å². The molecule has 4 N–H and O–H groups in total. The second-order valence-corrected chi connectivity index (χ2v) is 4.75. The van der Waals surface area contributed by atoms with E-state index >= 15 is 0 Å². The van der Waals surface area contributed by atoms with Gasteiger partial charge in [-0.15, -0.1) is 0 Å². The molecule has 0 radical (unpaired) electrons. The van der Waals surface area contributed by atoms with Crippen LogP contribution in [0.4, 0.5) is 0 Å². The van der Waals surface area contributed by atoms with Crippen LogP contribution in [0.15, 0.2) is 30.3 Å². The van der Waals surface area contributed by atoms with E-state index in [1.165, 1.54) is 0 Å². The average molecular weight is 295 g/mol. The molecule has 1 saturated heterocycles. The van der Waals surface area contributed by atoms with Crippen molar-refractivity contribution in [1.82, 2.24) is 0 Å². The van der Waals surface area contributed by atoms with Gasteiger partial charge in [-0.3, -0.25) is 0 Å². The summed E-state index contributed by atoms with van der Waals surface area (Å²) in [5, 5.41) is 47.5. The molecule has 21 heavy (non-hydrogen) atoms. The van der Waals surface area contributed by atoms with Gasteiger partial charge in [0, 0.05) is 0 Å². The van der Waals surface area contributed by atoms with Crippen molar-refractivity contribution in [3.63, 3.8) is 0 Å². The molecule has 0 saturated carbocycles. The van der Waals surface area contributed by atoms with E-state index in [4.69, 9.17) is 19.8 Å². The smallest absolute Gasteiger partial charge is 0.188 e. The summed E-state index contributed by atoms with van der Waals surface area (Å²) in [5.74, 6) is 0. The molecule has 0 bridgehead atoms. The summed E-state index contributed by atoms with van der Waals surface area (Å²) in [6.07, 6.45) is -7.91. The summed E-state index contributed by atoms with van der Waals surface area (Å²) in [6.45, 7) is -0.548. The molecule has 0 spiro atoms. The Kier molecular flexibility index (Phi) is 5.25. The Hall–Kier alpha value is -1.53. The van der Waals surface area contributed by atoms with Gasteiger partial charge in [0.25, 0.3) is 0 Å². The molecule has 1 aliphatic rings. The Balaban J connectivity index is 2.12. The minimum absolute atomic E-state index is 0.548. The molecule has 2 rings (SSSR count). The van der Waals surface area contributed by atoms with Gasteiger partial charge in [0.15, 0.2) is 12.4 Å². The van der Waals surface area contributed by atoms with Gasteiger partial charge in [0.05, 0.1) is 12.7 Å². The lowest BCUT2D eigenvalue weighted by molar-refractivity contribution is -0.307. The summed E-state index contributed by atoms with van der Waals surface area (Å²) in [7, 11) is 0. The highest BCUT2D eigenvalue weighted by Gasteiger charge is 2.44. The van der Waals surface area contributed by atoms with Crippen molar-refractivity contribution in [3.05, 3.63) is 35.9 Å². The highest BCUT2D eigenvalue weighted by molar-refractivity contribution is 5.22. The summed E-state index contributed by atoms with van der Waals surface area (Å²) >= 11 is 0. The third-order valence-corrected chi connectivity index (χ3v) is 3.34. The molecule has 0 amide bonds. The first-order valence-corrected chi connectivity index (χ1v) is 6.49. The fourth-order valence-corrected chi connectivity index (χ4v) is 2.13. The lowest BCUT2D eigenvalue weighted by atomic mass is 9.99. The lowest BCUT2D eigenvalue weighted by Crippen LogP contribution is -2.59. The largest absolute Gasteiger partial charge is 0.394 e. The zero-order valence-corrected chi connectivity index (χ0v) is 11.1. The van der Waals surface area contributed by atoms with Crippen molar-refractivity contribution >= 4 is 0 Å². The second kappa shape index (κ2) is 6.95. The first kappa shape index (κ1) is 15.9. The first-order chi connectivity index (χ1) is 10.1. The number of ether oxygens (including phenoxy) is 2. The Morgan fingerprint density at radius 3 is 2.38 bits per heavy atom. The van der Waals surface area contributed by atoms with E-state index in [-0.39, 0.29) is 0 Å². The van der Waals surface area contributed by atoms with E-state index in [1.807, 2.05) is 6.07 Å². The molecule has 0 aliphatic carbocycles. The number of hydrogen-bond donors (Lipinski definition) is 4. The van der Waals surface area contributed by atoms with E-state index in [9.17, 15) is 15.3 Å². The molecule has 1 aromatic carbocycles. The molecule has 1 aromatic rings. The molecular weight excluding hydrogens is 278 g/mol. The van der Waals surface area contributed by atoms with Gasteiger partial charge in [0.2, 0.25) is 0 Å². The van der Waals surface area contributed by atoms with Crippen LogP contribution in [0.1, 0.15) is 11.7 Å². The second-order valence-electron chi connectivity index (χ2n) is 4.75. The van der Waals surface area contributed by atoms with Crippen LogP contribution < -0.4 is 0 Å². The summed E-state index contributed by atoms with van der Waals surface area (Å²) in [4.78, 5) is 0. The average Bonchev–Trinajstić information content (AvgIpc) is 2.53. The fourth-order valence-electron chi connectivity index (χ4n) is 2.13. The molecule has 114 valence electrons. The number of nitrogens with zero attached hydrogens (tertiary/aromatic N) is 1. The van der Waals surface area contributed by atoms with Crippen LogP contribution in [-0.4, -0.2) is 57.7 Å². The zero-order valence-electron chi connectivity index (χ0n) is 11.1. The van der Waals surface area contributed by atoms with E-state index in [0.29, 0.717) is 5.56 Å². The van der Waals surface area contributed by atoms with Crippen molar-refractivity contribution in [3.8, 4) is 6.07 Å². The van der Waals surface area contributed by atoms with Gasteiger partial charge in [-0.05, 0) is 5.56 Å². The van der Waals surface area contributed by atoms with Crippen molar-refractivity contribution in [2.24, 2.45) is 0 Å². The third-order valence-electron chi connectivity index (χ3n) is 3.34. The quantitative estimate of drug-likeness (QED) is 0.565. The Bertz CT molecular complexity index is 488. The van der Waals surface area contributed by atoms with E-state index in [1.54, 1.807) is 30.3 Å². The predicted octanol–water partition coefficient (Wildman–Crippen LogP) is -0.932. The Labute approximate surface area is 121 Å².